The zero-order chi connectivity index (χ0) is 6.97. The number of rotatable bonds is 0. The third kappa shape index (κ3) is 0.635. The SMILES string of the molecule is F[C@@H]1C=CC=C2C=NN=C21. The third-order valence-corrected chi connectivity index (χ3v) is 1.48. The van der Waals surface area contributed by atoms with E-state index in [0.717, 1.165) is 5.57 Å². The molecule has 2 nitrogen and oxygen atoms in total. The molecule has 3 heteroatoms. The normalized spacial score (nSPS) is 27.9. The molecule has 2 rings (SSSR count). The Kier molecular flexibility index (Phi) is 1.03. The van der Waals surface area contributed by atoms with Crippen LogP contribution in [0.5, 0.6) is 0 Å². The van der Waals surface area contributed by atoms with Gasteiger partial charge in [-0.1, -0.05) is 12.2 Å². The van der Waals surface area contributed by atoms with E-state index in [0.29, 0.717) is 5.71 Å². The summed E-state index contributed by atoms with van der Waals surface area (Å²) in [7, 11) is 0. The summed E-state index contributed by atoms with van der Waals surface area (Å²) in [5.41, 5.74) is 1.22. The largest absolute Gasteiger partial charge is 0.236 e. The Morgan fingerprint density at radius 3 is 3.20 bits per heavy atom. The summed E-state index contributed by atoms with van der Waals surface area (Å²) in [6, 6.07) is 0. The van der Waals surface area contributed by atoms with Gasteiger partial charge in [-0.05, 0) is 6.08 Å². The molecule has 0 unspecified atom stereocenters. The standard InChI is InChI=1S/C7H5FN2/c8-6-3-1-2-5-4-9-10-7(5)6/h1-4,6H/t6-/m1/s1. The maximum atomic E-state index is 12.8. The van der Waals surface area contributed by atoms with Crippen molar-refractivity contribution in [2.45, 2.75) is 6.17 Å². The van der Waals surface area contributed by atoms with E-state index in [2.05, 4.69) is 10.2 Å². The van der Waals surface area contributed by atoms with Gasteiger partial charge in [0.05, 0.1) is 6.21 Å². The number of hydrogen-bond acceptors (Lipinski definition) is 2. The second-order valence-corrected chi connectivity index (χ2v) is 2.14. The van der Waals surface area contributed by atoms with Crippen LogP contribution < -0.4 is 0 Å². The monoisotopic (exact) mass is 136 g/mol. The minimum absolute atomic E-state index is 0.433. The highest BCUT2D eigenvalue weighted by atomic mass is 19.1. The van der Waals surface area contributed by atoms with Gasteiger partial charge in [-0.25, -0.2) is 4.39 Å². The summed E-state index contributed by atoms with van der Waals surface area (Å²) in [5, 5.41) is 7.22. The molecule has 0 bridgehead atoms. The average Bonchev–Trinajstić information content (AvgIpc) is 2.36. The van der Waals surface area contributed by atoms with Gasteiger partial charge in [0.15, 0.2) is 6.17 Å². The van der Waals surface area contributed by atoms with Gasteiger partial charge >= 0.3 is 0 Å². The van der Waals surface area contributed by atoms with Crippen molar-refractivity contribution in [3.05, 3.63) is 23.8 Å². The van der Waals surface area contributed by atoms with Gasteiger partial charge in [0.25, 0.3) is 0 Å². The first-order chi connectivity index (χ1) is 4.88. The van der Waals surface area contributed by atoms with Crippen molar-refractivity contribution in [3.8, 4) is 0 Å². The molecule has 1 aliphatic carbocycles. The van der Waals surface area contributed by atoms with E-state index in [4.69, 9.17) is 0 Å². The molecule has 0 aromatic carbocycles. The van der Waals surface area contributed by atoms with Crippen LogP contribution in [0.1, 0.15) is 0 Å². The van der Waals surface area contributed by atoms with Crippen molar-refractivity contribution < 1.29 is 4.39 Å². The molecule has 50 valence electrons. The highest BCUT2D eigenvalue weighted by Crippen LogP contribution is 2.15. The second kappa shape index (κ2) is 1.87. The van der Waals surface area contributed by atoms with Gasteiger partial charge in [0.1, 0.15) is 5.71 Å². The summed E-state index contributed by atoms with van der Waals surface area (Å²) in [4.78, 5) is 0. The molecule has 1 heterocycles. The molecule has 2 aliphatic rings. The summed E-state index contributed by atoms with van der Waals surface area (Å²) in [6.07, 6.45) is 5.42. The quantitative estimate of drug-likeness (QED) is 0.479. The number of halogens is 1. The van der Waals surface area contributed by atoms with E-state index in [9.17, 15) is 4.39 Å². The fraction of sp³-hybridized carbons (Fsp3) is 0.143. The molecule has 0 amide bonds. The predicted molar refractivity (Wildman–Crippen MR) is 38.0 cm³/mol. The lowest BCUT2D eigenvalue weighted by atomic mass is 10.0. The lowest BCUT2D eigenvalue weighted by Crippen LogP contribution is -2.16. The number of alkyl halides is 1. The summed E-state index contributed by atoms with van der Waals surface area (Å²) < 4.78 is 12.8. The Morgan fingerprint density at radius 1 is 1.50 bits per heavy atom. The third-order valence-electron chi connectivity index (χ3n) is 1.48. The summed E-state index contributed by atoms with van der Waals surface area (Å²) >= 11 is 0. The average molecular weight is 136 g/mol. The van der Waals surface area contributed by atoms with Crippen LogP contribution >= 0.6 is 0 Å². The molecule has 0 saturated carbocycles. The molecule has 1 atom stereocenters. The number of fused-ring (bicyclic) bond motifs is 1. The van der Waals surface area contributed by atoms with Gasteiger partial charge in [0, 0.05) is 5.57 Å². The molecule has 0 aromatic rings. The number of allylic oxidation sites excluding steroid dienone is 4. The predicted octanol–water partition coefficient (Wildman–Crippen LogP) is 1.26. The van der Waals surface area contributed by atoms with Crippen molar-refractivity contribution in [3.63, 3.8) is 0 Å². The Morgan fingerprint density at radius 2 is 2.40 bits per heavy atom. The lowest BCUT2D eigenvalue weighted by molar-refractivity contribution is 0.491. The van der Waals surface area contributed by atoms with Crippen molar-refractivity contribution in [2.75, 3.05) is 0 Å². The first-order valence-electron chi connectivity index (χ1n) is 3.02. The zero-order valence-corrected chi connectivity index (χ0v) is 5.16. The van der Waals surface area contributed by atoms with Crippen LogP contribution in [0.4, 0.5) is 4.39 Å². The topological polar surface area (TPSA) is 24.7 Å². The van der Waals surface area contributed by atoms with E-state index in [-0.39, 0.29) is 0 Å². The van der Waals surface area contributed by atoms with E-state index < -0.39 is 6.17 Å². The maximum absolute atomic E-state index is 12.8. The minimum atomic E-state index is -1.07. The molecule has 0 saturated heterocycles. The highest BCUT2D eigenvalue weighted by Gasteiger charge is 2.20. The van der Waals surface area contributed by atoms with Crippen LogP contribution in [0.15, 0.2) is 34.0 Å². The molecule has 0 spiro atoms. The van der Waals surface area contributed by atoms with Gasteiger partial charge in [-0.3, -0.25) is 0 Å². The van der Waals surface area contributed by atoms with Gasteiger partial charge in [0.2, 0.25) is 0 Å². The Labute approximate surface area is 57.5 Å². The fourth-order valence-corrected chi connectivity index (χ4v) is 0.968. The van der Waals surface area contributed by atoms with E-state index >= 15 is 0 Å². The molecular weight excluding hydrogens is 131 g/mol. The molecule has 0 radical (unpaired) electrons. The van der Waals surface area contributed by atoms with E-state index in [1.54, 1.807) is 18.4 Å². The number of nitrogens with zero attached hydrogens (tertiary/aromatic N) is 2. The zero-order valence-electron chi connectivity index (χ0n) is 5.16. The van der Waals surface area contributed by atoms with Crippen molar-refractivity contribution in [1.82, 2.24) is 0 Å². The molecule has 0 aromatic heterocycles. The summed E-state index contributed by atoms with van der Waals surface area (Å²) in [6.45, 7) is 0. The number of hydrogen-bond donors (Lipinski definition) is 0. The first-order valence-corrected chi connectivity index (χ1v) is 3.02. The fourth-order valence-electron chi connectivity index (χ4n) is 0.968. The first kappa shape index (κ1) is 5.53. The smallest absolute Gasteiger partial charge is 0.163 e. The van der Waals surface area contributed by atoms with Crippen molar-refractivity contribution in [2.24, 2.45) is 10.2 Å². The Bertz CT molecular complexity index is 273. The van der Waals surface area contributed by atoms with Crippen LogP contribution in [0, 0.1) is 0 Å². The van der Waals surface area contributed by atoms with Gasteiger partial charge in [-0.15, -0.1) is 0 Å². The summed E-state index contributed by atoms with van der Waals surface area (Å²) in [5.74, 6) is 0. The molecule has 0 fully saturated rings. The van der Waals surface area contributed by atoms with Crippen LogP contribution in [0.2, 0.25) is 0 Å². The Balaban J connectivity index is 2.45. The van der Waals surface area contributed by atoms with Crippen LogP contribution in [-0.4, -0.2) is 18.1 Å². The maximum Gasteiger partial charge on any atom is 0.163 e. The highest BCUT2D eigenvalue weighted by molar-refractivity contribution is 6.21. The molecule has 10 heavy (non-hydrogen) atoms. The van der Waals surface area contributed by atoms with E-state index in [1.165, 1.54) is 6.08 Å². The Hall–Kier alpha value is -1.25. The molecule has 0 N–H and O–H groups in total. The van der Waals surface area contributed by atoms with Crippen molar-refractivity contribution in [1.29, 1.82) is 0 Å². The van der Waals surface area contributed by atoms with Gasteiger partial charge in [-0.2, -0.15) is 10.2 Å². The molecule has 1 aliphatic heterocycles. The van der Waals surface area contributed by atoms with Crippen LogP contribution in [0.25, 0.3) is 0 Å². The van der Waals surface area contributed by atoms with Crippen LogP contribution in [-0.2, 0) is 0 Å². The molecular formula is C7H5FN2. The minimum Gasteiger partial charge on any atom is -0.236 e. The second-order valence-electron chi connectivity index (χ2n) is 2.14. The van der Waals surface area contributed by atoms with Gasteiger partial charge < -0.3 is 0 Å². The van der Waals surface area contributed by atoms with Crippen molar-refractivity contribution >= 4 is 11.9 Å². The van der Waals surface area contributed by atoms with Crippen LogP contribution in [0.3, 0.4) is 0 Å². The van der Waals surface area contributed by atoms with E-state index in [1.807, 2.05) is 0 Å². The lowest BCUT2D eigenvalue weighted by Gasteiger charge is -2.05.